The van der Waals surface area contributed by atoms with Gasteiger partial charge in [0.25, 0.3) is 5.91 Å². The Morgan fingerprint density at radius 3 is 2.45 bits per heavy atom. The highest BCUT2D eigenvalue weighted by Crippen LogP contribution is 2.27. The molecule has 150 valence electrons. The second-order valence-electron chi connectivity index (χ2n) is 6.25. The van der Waals surface area contributed by atoms with Crippen LogP contribution in [-0.4, -0.2) is 55.1 Å². The van der Waals surface area contributed by atoms with Crippen LogP contribution in [0.2, 0.25) is 0 Å². The molecule has 0 aliphatic carbocycles. The fourth-order valence-corrected chi connectivity index (χ4v) is 5.28. The summed E-state index contributed by atoms with van der Waals surface area (Å²) in [5.74, 6) is -0.548. The molecule has 0 saturated carbocycles. The monoisotopic (exact) mass is 430 g/mol. The number of ether oxygens (including phenoxy) is 1. The van der Waals surface area contributed by atoms with Crippen LogP contribution in [0.25, 0.3) is 10.6 Å². The SMILES string of the molecule is O=C(Nc1nnc(-c2ccccc2)s1)c1ccccc1S(=O)(=O)N1CCOCC1. The van der Waals surface area contributed by atoms with E-state index in [0.717, 1.165) is 5.56 Å². The predicted molar refractivity (Wildman–Crippen MR) is 109 cm³/mol. The van der Waals surface area contributed by atoms with E-state index in [9.17, 15) is 13.2 Å². The summed E-state index contributed by atoms with van der Waals surface area (Å²) in [5.41, 5.74) is 0.955. The van der Waals surface area contributed by atoms with Crippen LogP contribution in [-0.2, 0) is 14.8 Å². The van der Waals surface area contributed by atoms with Gasteiger partial charge in [0.1, 0.15) is 5.01 Å². The van der Waals surface area contributed by atoms with E-state index < -0.39 is 15.9 Å². The molecule has 10 heteroatoms. The average Bonchev–Trinajstić information content (AvgIpc) is 3.23. The molecule has 1 aliphatic rings. The first-order chi connectivity index (χ1) is 14.1. The average molecular weight is 431 g/mol. The number of nitrogens with one attached hydrogen (secondary N) is 1. The number of carbonyl (C=O) groups excluding carboxylic acids is 1. The van der Waals surface area contributed by atoms with Gasteiger partial charge >= 0.3 is 0 Å². The van der Waals surface area contributed by atoms with E-state index in [2.05, 4.69) is 15.5 Å². The normalized spacial score (nSPS) is 15.2. The van der Waals surface area contributed by atoms with E-state index >= 15 is 0 Å². The molecule has 2 aromatic carbocycles. The molecule has 1 amide bonds. The zero-order valence-corrected chi connectivity index (χ0v) is 16.9. The van der Waals surface area contributed by atoms with Crippen LogP contribution in [0.1, 0.15) is 10.4 Å². The highest BCUT2D eigenvalue weighted by Gasteiger charge is 2.30. The summed E-state index contributed by atoms with van der Waals surface area (Å²) in [5, 5.41) is 11.7. The van der Waals surface area contributed by atoms with Crippen LogP contribution in [0.15, 0.2) is 59.5 Å². The molecule has 0 unspecified atom stereocenters. The van der Waals surface area contributed by atoms with Gasteiger partial charge in [-0.05, 0) is 12.1 Å². The highest BCUT2D eigenvalue weighted by molar-refractivity contribution is 7.89. The largest absolute Gasteiger partial charge is 0.379 e. The highest BCUT2D eigenvalue weighted by atomic mass is 32.2. The number of carbonyl (C=O) groups is 1. The van der Waals surface area contributed by atoms with E-state index in [-0.39, 0.29) is 23.5 Å². The molecule has 1 saturated heterocycles. The number of amides is 1. The number of benzene rings is 2. The molecule has 1 aromatic heterocycles. The summed E-state index contributed by atoms with van der Waals surface area (Å²) in [4.78, 5) is 12.8. The maximum Gasteiger partial charge on any atom is 0.258 e. The maximum atomic E-state index is 13.0. The van der Waals surface area contributed by atoms with E-state index in [1.165, 1.54) is 27.8 Å². The Morgan fingerprint density at radius 2 is 1.69 bits per heavy atom. The van der Waals surface area contributed by atoms with Crippen LogP contribution in [0.5, 0.6) is 0 Å². The van der Waals surface area contributed by atoms with Crippen molar-refractivity contribution in [2.24, 2.45) is 0 Å². The van der Waals surface area contributed by atoms with Crippen LogP contribution in [0.3, 0.4) is 0 Å². The number of hydrogen-bond acceptors (Lipinski definition) is 7. The van der Waals surface area contributed by atoms with Crippen molar-refractivity contribution in [3.8, 4) is 10.6 Å². The van der Waals surface area contributed by atoms with Crippen LogP contribution in [0, 0.1) is 0 Å². The van der Waals surface area contributed by atoms with E-state index in [0.29, 0.717) is 23.4 Å². The van der Waals surface area contributed by atoms with Gasteiger partial charge in [0.15, 0.2) is 0 Å². The third-order valence-corrected chi connectivity index (χ3v) is 7.23. The second kappa shape index (κ2) is 8.37. The number of anilines is 1. The van der Waals surface area contributed by atoms with Crippen molar-refractivity contribution in [1.29, 1.82) is 0 Å². The molecule has 2 heterocycles. The summed E-state index contributed by atoms with van der Waals surface area (Å²) < 4.78 is 32.6. The van der Waals surface area contributed by atoms with Gasteiger partial charge < -0.3 is 4.74 Å². The first kappa shape index (κ1) is 19.6. The zero-order chi connectivity index (χ0) is 20.3. The lowest BCUT2D eigenvalue weighted by molar-refractivity contribution is 0.0730. The van der Waals surface area contributed by atoms with E-state index in [1.54, 1.807) is 12.1 Å². The molecule has 3 aromatic rings. The minimum Gasteiger partial charge on any atom is -0.379 e. The summed E-state index contributed by atoms with van der Waals surface area (Å²) in [6.45, 7) is 1.19. The maximum absolute atomic E-state index is 13.0. The molecule has 0 spiro atoms. The molecular formula is C19H18N4O4S2. The number of morpholine rings is 1. The number of nitrogens with zero attached hydrogens (tertiary/aromatic N) is 3. The van der Waals surface area contributed by atoms with Crippen molar-refractivity contribution >= 4 is 32.4 Å². The van der Waals surface area contributed by atoms with Crippen molar-refractivity contribution in [2.45, 2.75) is 4.90 Å². The van der Waals surface area contributed by atoms with Crippen molar-refractivity contribution in [2.75, 3.05) is 31.6 Å². The first-order valence-corrected chi connectivity index (χ1v) is 11.2. The van der Waals surface area contributed by atoms with Crippen molar-refractivity contribution in [3.63, 3.8) is 0 Å². The molecule has 1 N–H and O–H groups in total. The van der Waals surface area contributed by atoms with Gasteiger partial charge in [-0.15, -0.1) is 10.2 Å². The fourth-order valence-electron chi connectivity index (χ4n) is 2.94. The zero-order valence-electron chi connectivity index (χ0n) is 15.3. The second-order valence-corrected chi connectivity index (χ2v) is 9.13. The van der Waals surface area contributed by atoms with Gasteiger partial charge in [0, 0.05) is 18.7 Å². The van der Waals surface area contributed by atoms with Gasteiger partial charge in [0.05, 0.1) is 23.7 Å². The van der Waals surface area contributed by atoms with Gasteiger partial charge in [0.2, 0.25) is 15.2 Å². The minimum atomic E-state index is -3.81. The Kier molecular flexibility index (Phi) is 5.67. The summed E-state index contributed by atoms with van der Waals surface area (Å²) >= 11 is 1.22. The lowest BCUT2D eigenvalue weighted by Gasteiger charge is -2.26. The summed E-state index contributed by atoms with van der Waals surface area (Å²) in [7, 11) is -3.81. The molecule has 0 radical (unpaired) electrons. The smallest absolute Gasteiger partial charge is 0.258 e. The van der Waals surface area contributed by atoms with Gasteiger partial charge in [-0.2, -0.15) is 4.31 Å². The third kappa shape index (κ3) is 4.20. The topological polar surface area (TPSA) is 101 Å². The Balaban J connectivity index is 1.58. The van der Waals surface area contributed by atoms with Gasteiger partial charge in [-0.3, -0.25) is 10.1 Å². The van der Waals surface area contributed by atoms with Crippen LogP contribution >= 0.6 is 11.3 Å². The molecule has 0 atom stereocenters. The number of rotatable bonds is 5. The lowest BCUT2D eigenvalue weighted by Crippen LogP contribution is -2.41. The number of sulfonamides is 1. The summed E-state index contributed by atoms with van der Waals surface area (Å²) in [6, 6.07) is 15.6. The molecular weight excluding hydrogens is 412 g/mol. The summed E-state index contributed by atoms with van der Waals surface area (Å²) in [6.07, 6.45) is 0. The van der Waals surface area contributed by atoms with E-state index in [4.69, 9.17) is 4.74 Å². The molecule has 8 nitrogen and oxygen atoms in total. The van der Waals surface area contributed by atoms with Gasteiger partial charge in [-0.25, -0.2) is 8.42 Å². The quantitative estimate of drug-likeness (QED) is 0.667. The first-order valence-electron chi connectivity index (χ1n) is 8.93. The molecule has 0 bridgehead atoms. The van der Waals surface area contributed by atoms with Gasteiger partial charge in [-0.1, -0.05) is 53.8 Å². The molecule has 29 heavy (non-hydrogen) atoms. The van der Waals surface area contributed by atoms with Crippen LogP contribution in [0.4, 0.5) is 5.13 Å². The van der Waals surface area contributed by atoms with Crippen molar-refractivity contribution in [1.82, 2.24) is 14.5 Å². The Morgan fingerprint density at radius 1 is 1.00 bits per heavy atom. The molecule has 1 aliphatic heterocycles. The number of aromatic nitrogens is 2. The van der Waals surface area contributed by atoms with Crippen LogP contribution < -0.4 is 5.32 Å². The molecule has 4 rings (SSSR count). The lowest BCUT2D eigenvalue weighted by atomic mass is 10.2. The minimum absolute atomic E-state index is 0.0350. The molecule has 1 fully saturated rings. The fraction of sp³-hybridized carbons (Fsp3) is 0.211. The van der Waals surface area contributed by atoms with Crippen molar-refractivity contribution < 1.29 is 17.9 Å². The standard InChI is InChI=1S/C19H18N4O4S2/c24-17(20-19-22-21-18(28-19)14-6-2-1-3-7-14)15-8-4-5-9-16(15)29(25,26)23-10-12-27-13-11-23/h1-9H,10-13H2,(H,20,22,24). The Hall–Kier alpha value is -2.66. The Bertz CT molecular complexity index is 1110. The van der Waals surface area contributed by atoms with Crippen molar-refractivity contribution in [3.05, 3.63) is 60.2 Å². The Labute approximate surface area is 172 Å². The van der Waals surface area contributed by atoms with E-state index in [1.807, 2.05) is 30.3 Å². The third-order valence-electron chi connectivity index (χ3n) is 4.39. The predicted octanol–water partition coefficient (Wildman–Crippen LogP) is 2.48. The number of hydrogen-bond donors (Lipinski definition) is 1.